The van der Waals surface area contributed by atoms with Crippen molar-refractivity contribution in [3.63, 3.8) is 0 Å². The summed E-state index contributed by atoms with van der Waals surface area (Å²) in [5.41, 5.74) is 8.39. The zero-order chi connectivity index (χ0) is 21.5. The molecule has 0 unspecified atom stereocenters. The van der Waals surface area contributed by atoms with Gasteiger partial charge in [-0.05, 0) is 54.8 Å². The highest BCUT2D eigenvalue weighted by molar-refractivity contribution is 5.91. The Bertz CT molecular complexity index is 1310. The van der Waals surface area contributed by atoms with Crippen molar-refractivity contribution in [3.8, 4) is 11.5 Å². The van der Waals surface area contributed by atoms with Crippen molar-refractivity contribution in [2.75, 3.05) is 14.2 Å². The molecule has 0 aliphatic heterocycles. The molecule has 2 N–H and O–H groups in total. The van der Waals surface area contributed by atoms with Crippen LogP contribution in [0.5, 0.6) is 11.5 Å². The van der Waals surface area contributed by atoms with E-state index in [1.807, 2.05) is 6.07 Å². The fraction of sp³-hybridized carbons (Fsp3) is 0.185. The molecule has 0 fully saturated rings. The monoisotopic (exact) mass is 410 g/mol. The minimum atomic E-state index is 0.0344. The highest BCUT2D eigenvalue weighted by atomic mass is 16.5. The average Bonchev–Trinajstić information content (AvgIpc) is 3.30. The van der Waals surface area contributed by atoms with Crippen LogP contribution in [0.1, 0.15) is 34.0 Å². The van der Waals surface area contributed by atoms with Crippen LogP contribution in [0.4, 0.5) is 0 Å². The number of fused-ring (bicyclic) bond motifs is 2. The Labute approximate surface area is 181 Å². The summed E-state index contributed by atoms with van der Waals surface area (Å²) in [7, 11) is 3.35. The van der Waals surface area contributed by atoms with Gasteiger partial charge in [0.1, 0.15) is 0 Å². The summed E-state index contributed by atoms with van der Waals surface area (Å²) >= 11 is 0. The van der Waals surface area contributed by atoms with Gasteiger partial charge in [-0.3, -0.25) is 0 Å². The van der Waals surface area contributed by atoms with Crippen molar-refractivity contribution in [2.24, 2.45) is 0 Å². The first kappa shape index (κ1) is 19.3. The third-order valence-corrected chi connectivity index (χ3v) is 6.21. The van der Waals surface area contributed by atoms with E-state index in [1.54, 1.807) is 14.2 Å². The molecule has 156 valence electrons. The van der Waals surface area contributed by atoms with Crippen LogP contribution in [0.3, 0.4) is 0 Å². The van der Waals surface area contributed by atoms with E-state index in [4.69, 9.17) is 9.47 Å². The normalized spacial score (nSPS) is 11.5. The van der Waals surface area contributed by atoms with E-state index in [0.717, 1.165) is 22.5 Å². The number of aryl methyl sites for hydroxylation is 2. The molecule has 5 aromatic rings. The number of rotatable bonds is 5. The lowest BCUT2D eigenvalue weighted by Crippen LogP contribution is -2.06. The van der Waals surface area contributed by atoms with E-state index in [-0.39, 0.29) is 5.92 Å². The number of benzene rings is 3. The SMILES string of the molecule is COc1ccc(C(c2c(C)[nH]c3ccccc23)c2c(C)[nH]c3ccccc23)cc1OC. The van der Waals surface area contributed by atoms with Crippen LogP contribution in [0, 0.1) is 13.8 Å². The summed E-state index contributed by atoms with van der Waals surface area (Å²) in [6, 6.07) is 23.3. The molecule has 0 radical (unpaired) electrons. The predicted octanol–water partition coefficient (Wildman–Crippen LogP) is 6.46. The van der Waals surface area contributed by atoms with Gasteiger partial charge in [0.2, 0.25) is 0 Å². The van der Waals surface area contributed by atoms with Gasteiger partial charge in [-0.25, -0.2) is 0 Å². The number of nitrogens with one attached hydrogen (secondary N) is 2. The van der Waals surface area contributed by atoms with Gasteiger partial charge < -0.3 is 19.4 Å². The maximum Gasteiger partial charge on any atom is 0.161 e. The van der Waals surface area contributed by atoms with Gasteiger partial charge in [0.05, 0.1) is 14.2 Å². The second kappa shape index (κ2) is 7.55. The van der Waals surface area contributed by atoms with Crippen molar-refractivity contribution < 1.29 is 9.47 Å². The van der Waals surface area contributed by atoms with E-state index >= 15 is 0 Å². The van der Waals surface area contributed by atoms with Gasteiger partial charge in [0.15, 0.2) is 11.5 Å². The summed E-state index contributed by atoms with van der Waals surface area (Å²) in [5, 5.41) is 2.48. The van der Waals surface area contributed by atoms with Gasteiger partial charge >= 0.3 is 0 Å². The molecule has 0 atom stereocenters. The van der Waals surface area contributed by atoms with E-state index < -0.39 is 0 Å². The summed E-state index contributed by atoms with van der Waals surface area (Å²) in [6.07, 6.45) is 0. The molecule has 4 nitrogen and oxygen atoms in total. The van der Waals surface area contributed by atoms with Crippen LogP contribution in [0.2, 0.25) is 0 Å². The molecule has 0 amide bonds. The molecule has 31 heavy (non-hydrogen) atoms. The van der Waals surface area contributed by atoms with Gasteiger partial charge in [0.25, 0.3) is 0 Å². The fourth-order valence-corrected chi connectivity index (χ4v) is 4.85. The lowest BCUT2D eigenvalue weighted by atomic mass is 9.82. The molecule has 0 saturated heterocycles. The Balaban J connectivity index is 1.86. The van der Waals surface area contributed by atoms with Crippen LogP contribution in [-0.2, 0) is 0 Å². The van der Waals surface area contributed by atoms with Crippen molar-refractivity contribution in [1.82, 2.24) is 9.97 Å². The number of ether oxygens (including phenoxy) is 2. The topological polar surface area (TPSA) is 50.0 Å². The summed E-state index contributed by atoms with van der Waals surface area (Å²) in [4.78, 5) is 7.18. The molecule has 2 heterocycles. The lowest BCUT2D eigenvalue weighted by Gasteiger charge is -2.21. The molecule has 2 aromatic heterocycles. The van der Waals surface area contributed by atoms with E-state index in [0.29, 0.717) is 0 Å². The molecule has 4 heteroatoms. The zero-order valence-corrected chi connectivity index (χ0v) is 18.2. The first-order valence-corrected chi connectivity index (χ1v) is 10.5. The first-order chi connectivity index (χ1) is 15.1. The van der Waals surface area contributed by atoms with Crippen molar-refractivity contribution >= 4 is 21.8 Å². The van der Waals surface area contributed by atoms with Crippen molar-refractivity contribution in [2.45, 2.75) is 19.8 Å². The smallest absolute Gasteiger partial charge is 0.161 e. The van der Waals surface area contributed by atoms with Crippen molar-refractivity contribution in [3.05, 3.63) is 94.8 Å². The molecular formula is C27H26N2O2. The van der Waals surface area contributed by atoms with Crippen LogP contribution < -0.4 is 9.47 Å². The number of aromatic amines is 2. The minimum Gasteiger partial charge on any atom is -0.493 e. The number of hydrogen-bond donors (Lipinski definition) is 2. The second-order valence-electron chi connectivity index (χ2n) is 7.97. The van der Waals surface area contributed by atoms with Gasteiger partial charge in [-0.2, -0.15) is 0 Å². The number of hydrogen-bond acceptors (Lipinski definition) is 2. The number of para-hydroxylation sites is 2. The Morgan fingerprint density at radius 1 is 0.645 bits per heavy atom. The van der Waals surface area contributed by atoms with Crippen LogP contribution in [0.15, 0.2) is 66.7 Å². The number of methoxy groups -OCH3 is 2. The Kier molecular flexibility index (Phi) is 4.70. The molecule has 3 aromatic carbocycles. The maximum absolute atomic E-state index is 5.66. The van der Waals surface area contributed by atoms with Crippen LogP contribution in [-0.4, -0.2) is 24.2 Å². The highest BCUT2D eigenvalue weighted by Gasteiger charge is 2.27. The van der Waals surface area contributed by atoms with E-state index in [1.165, 1.54) is 38.9 Å². The zero-order valence-electron chi connectivity index (χ0n) is 18.2. The summed E-state index contributed by atoms with van der Waals surface area (Å²) in [5.74, 6) is 1.50. The molecule has 0 bridgehead atoms. The number of H-pyrrole nitrogens is 2. The van der Waals surface area contributed by atoms with Crippen LogP contribution >= 0.6 is 0 Å². The summed E-state index contributed by atoms with van der Waals surface area (Å²) < 4.78 is 11.2. The second-order valence-corrected chi connectivity index (χ2v) is 7.97. The molecule has 5 rings (SSSR count). The third kappa shape index (κ3) is 3.07. The summed E-state index contributed by atoms with van der Waals surface area (Å²) in [6.45, 7) is 4.32. The largest absolute Gasteiger partial charge is 0.493 e. The quantitative estimate of drug-likeness (QED) is 0.349. The van der Waals surface area contributed by atoms with Gasteiger partial charge in [-0.1, -0.05) is 42.5 Å². The van der Waals surface area contributed by atoms with Gasteiger partial charge in [-0.15, -0.1) is 0 Å². The molecular weight excluding hydrogens is 384 g/mol. The molecule has 0 spiro atoms. The predicted molar refractivity (Wildman–Crippen MR) is 127 cm³/mol. The molecule has 0 aliphatic rings. The Morgan fingerprint density at radius 2 is 1.16 bits per heavy atom. The number of aromatic nitrogens is 2. The van der Waals surface area contributed by atoms with Gasteiger partial charge in [0, 0.05) is 39.1 Å². The van der Waals surface area contributed by atoms with E-state index in [2.05, 4.69) is 84.5 Å². The van der Waals surface area contributed by atoms with Crippen molar-refractivity contribution in [1.29, 1.82) is 0 Å². The standard InChI is InChI=1S/C27H26N2O2/c1-16-25(19-9-5-7-11-21(19)28-16)27(18-13-14-23(30-3)24(15-18)31-4)26-17(2)29-22-12-8-6-10-20(22)26/h5-15,27-29H,1-4H3. The Hall–Kier alpha value is -3.66. The van der Waals surface area contributed by atoms with Crippen LogP contribution in [0.25, 0.3) is 21.8 Å². The Morgan fingerprint density at radius 3 is 1.68 bits per heavy atom. The molecule has 0 saturated carbocycles. The molecule has 0 aliphatic carbocycles. The highest BCUT2D eigenvalue weighted by Crippen LogP contribution is 2.44. The third-order valence-electron chi connectivity index (χ3n) is 6.21. The minimum absolute atomic E-state index is 0.0344. The first-order valence-electron chi connectivity index (χ1n) is 10.5. The van der Waals surface area contributed by atoms with E-state index in [9.17, 15) is 0 Å². The maximum atomic E-state index is 5.66. The lowest BCUT2D eigenvalue weighted by molar-refractivity contribution is 0.354. The average molecular weight is 411 g/mol. The fourth-order valence-electron chi connectivity index (χ4n) is 4.85.